The van der Waals surface area contributed by atoms with Crippen molar-refractivity contribution in [3.8, 4) is 0 Å². The van der Waals surface area contributed by atoms with Gasteiger partial charge in [0.25, 0.3) is 0 Å². The lowest BCUT2D eigenvalue weighted by atomic mass is 10.3. The number of morpholine rings is 1. The number of thiophene rings is 1. The van der Waals surface area contributed by atoms with Crippen molar-refractivity contribution in [3.63, 3.8) is 0 Å². The molecule has 0 saturated carbocycles. The Morgan fingerprint density at radius 3 is 2.90 bits per heavy atom. The van der Waals surface area contributed by atoms with Crippen molar-refractivity contribution in [2.75, 3.05) is 39.4 Å². The van der Waals surface area contributed by atoms with Crippen molar-refractivity contribution in [3.05, 3.63) is 20.8 Å². The number of aliphatic imine (C=N–C) groups is 1. The van der Waals surface area contributed by atoms with Crippen LogP contribution in [0.2, 0.25) is 0 Å². The van der Waals surface area contributed by atoms with Gasteiger partial charge in [0.1, 0.15) is 0 Å². The fourth-order valence-electron chi connectivity index (χ4n) is 2.00. The van der Waals surface area contributed by atoms with E-state index in [1.165, 1.54) is 4.88 Å². The summed E-state index contributed by atoms with van der Waals surface area (Å²) in [6.07, 6.45) is 1.07. The lowest BCUT2D eigenvalue weighted by Crippen LogP contribution is -2.39. The van der Waals surface area contributed by atoms with E-state index in [-0.39, 0.29) is 24.0 Å². The van der Waals surface area contributed by atoms with Crippen LogP contribution in [0.3, 0.4) is 0 Å². The van der Waals surface area contributed by atoms with Crippen LogP contribution in [-0.2, 0) is 11.3 Å². The number of hydrogen-bond donors (Lipinski definition) is 2. The van der Waals surface area contributed by atoms with Crippen molar-refractivity contribution in [1.82, 2.24) is 10.2 Å². The molecular weight excluding hydrogens is 467 g/mol. The summed E-state index contributed by atoms with van der Waals surface area (Å²) in [6.45, 7) is 6.37. The summed E-state index contributed by atoms with van der Waals surface area (Å²) in [7, 11) is 0. The molecular formula is C13H22BrIN4OS. The maximum absolute atomic E-state index is 5.85. The number of hydrogen-bond acceptors (Lipinski definition) is 4. The highest BCUT2D eigenvalue weighted by molar-refractivity contribution is 14.0. The summed E-state index contributed by atoms with van der Waals surface area (Å²) in [6, 6.07) is 2.07. The zero-order valence-electron chi connectivity index (χ0n) is 11.9. The topological polar surface area (TPSA) is 62.9 Å². The molecule has 0 amide bonds. The predicted octanol–water partition coefficient (Wildman–Crippen LogP) is 2.26. The molecule has 2 rings (SSSR count). The van der Waals surface area contributed by atoms with E-state index in [0.717, 1.165) is 50.3 Å². The second-order valence-corrected chi connectivity index (χ2v) is 6.58. The van der Waals surface area contributed by atoms with Gasteiger partial charge in [-0.15, -0.1) is 35.3 Å². The highest BCUT2D eigenvalue weighted by Gasteiger charge is 2.08. The van der Waals surface area contributed by atoms with Gasteiger partial charge in [-0.25, -0.2) is 4.99 Å². The van der Waals surface area contributed by atoms with Gasteiger partial charge in [-0.2, -0.15) is 0 Å². The van der Waals surface area contributed by atoms with Crippen LogP contribution in [0.4, 0.5) is 0 Å². The van der Waals surface area contributed by atoms with E-state index < -0.39 is 0 Å². The molecule has 1 fully saturated rings. The third kappa shape index (κ3) is 7.78. The fraction of sp³-hybridized carbons (Fsp3) is 0.615. The molecule has 3 N–H and O–H groups in total. The predicted molar refractivity (Wildman–Crippen MR) is 103 cm³/mol. The van der Waals surface area contributed by atoms with Gasteiger partial charge in [0.15, 0.2) is 5.96 Å². The number of guanidine groups is 1. The molecule has 2 heterocycles. The fourth-order valence-corrected chi connectivity index (χ4v) is 3.37. The number of halogens is 2. The summed E-state index contributed by atoms with van der Waals surface area (Å²) in [5, 5.41) is 5.21. The summed E-state index contributed by atoms with van der Waals surface area (Å²) in [4.78, 5) is 7.95. The normalized spacial score (nSPS) is 16.5. The Morgan fingerprint density at radius 1 is 1.48 bits per heavy atom. The van der Waals surface area contributed by atoms with Crippen molar-refractivity contribution in [2.45, 2.75) is 13.0 Å². The van der Waals surface area contributed by atoms with Gasteiger partial charge in [-0.1, -0.05) is 0 Å². The van der Waals surface area contributed by atoms with E-state index in [9.17, 15) is 0 Å². The number of nitrogens with two attached hydrogens (primary N) is 1. The zero-order chi connectivity index (χ0) is 14.2. The van der Waals surface area contributed by atoms with E-state index in [1.54, 1.807) is 11.3 Å². The molecule has 0 bridgehead atoms. The van der Waals surface area contributed by atoms with Crippen molar-refractivity contribution in [2.24, 2.45) is 10.7 Å². The average Bonchev–Trinajstić information content (AvgIpc) is 2.88. The first-order valence-corrected chi connectivity index (χ1v) is 8.48. The number of nitrogens with one attached hydrogen (secondary N) is 1. The third-order valence-electron chi connectivity index (χ3n) is 3.09. The van der Waals surface area contributed by atoms with Crippen LogP contribution in [0.5, 0.6) is 0 Å². The van der Waals surface area contributed by atoms with Gasteiger partial charge in [-0.3, -0.25) is 4.90 Å². The van der Waals surface area contributed by atoms with E-state index >= 15 is 0 Å². The molecule has 0 aromatic carbocycles. The van der Waals surface area contributed by atoms with Crippen LogP contribution < -0.4 is 11.1 Å². The molecule has 1 aliphatic rings. The van der Waals surface area contributed by atoms with E-state index in [1.807, 2.05) is 0 Å². The lowest BCUT2D eigenvalue weighted by molar-refractivity contribution is 0.0376. The van der Waals surface area contributed by atoms with Crippen molar-refractivity contribution in [1.29, 1.82) is 0 Å². The second kappa shape index (κ2) is 10.8. The summed E-state index contributed by atoms with van der Waals surface area (Å²) >= 11 is 5.11. The number of rotatable bonds is 6. The van der Waals surface area contributed by atoms with Gasteiger partial charge in [0, 0.05) is 34.4 Å². The van der Waals surface area contributed by atoms with Crippen molar-refractivity contribution < 1.29 is 4.74 Å². The van der Waals surface area contributed by atoms with Crippen molar-refractivity contribution >= 4 is 57.2 Å². The minimum Gasteiger partial charge on any atom is -0.379 e. The van der Waals surface area contributed by atoms with Gasteiger partial charge >= 0.3 is 0 Å². The second-order valence-electron chi connectivity index (χ2n) is 4.67. The quantitative estimate of drug-likeness (QED) is 0.279. The van der Waals surface area contributed by atoms with Gasteiger partial charge < -0.3 is 15.8 Å². The molecule has 21 heavy (non-hydrogen) atoms. The molecule has 0 radical (unpaired) electrons. The standard InChI is InChI=1S/C13H21BrN4OS.HI/c14-11-8-12(20-10-11)9-17-13(15)16-2-1-3-18-4-6-19-7-5-18;/h8,10H,1-7,9H2,(H3,15,16,17);1H. The maximum Gasteiger partial charge on any atom is 0.188 e. The minimum atomic E-state index is 0. The van der Waals surface area contributed by atoms with E-state index in [0.29, 0.717) is 12.5 Å². The zero-order valence-corrected chi connectivity index (χ0v) is 16.6. The first kappa shape index (κ1) is 19.1. The molecule has 0 aliphatic carbocycles. The Bertz CT molecular complexity index is 438. The van der Waals surface area contributed by atoms with Crippen LogP contribution in [0.1, 0.15) is 11.3 Å². The largest absolute Gasteiger partial charge is 0.379 e. The lowest BCUT2D eigenvalue weighted by Gasteiger charge is -2.26. The first-order valence-electron chi connectivity index (χ1n) is 6.81. The van der Waals surface area contributed by atoms with E-state index in [4.69, 9.17) is 10.5 Å². The van der Waals surface area contributed by atoms with Gasteiger partial charge in [0.2, 0.25) is 0 Å². The van der Waals surface area contributed by atoms with Crippen LogP contribution >= 0.6 is 51.2 Å². The van der Waals surface area contributed by atoms with Gasteiger partial charge in [-0.05, 0) is 35.0 Å². The molecule has 0 atom stereocenters. The SMILES string of the molecule is I.NC(=NCc1cc(Br)cs1)NCCCN1CCOCC1. The third-order valence-corrected chi connectivity index (χ3v) is 4.77. The molecule has 120 valence electrons. The Hall–Kier alpha value is 0.100. The molecule has 1 aromatic heterocycles. The smallest absolute Gasteiger partial charge is 0.188 e. The maximum atomic E-state index is 5.85. The molecule has 1 aromatic rings. The van der Waals surface area contributed by atoms with Crippen LogP contribution in [0.15, 0.2) is 20.9 Å². The summed E-state index contributed by atoms with van der Waals surface area (Å²) in [5.74, 6) is 0.525. The van der Waals surface area contributed by atoms with Crippen LogP contribution in [0, 0.1) is 0 Å². The summed E-state index contributed by atoms with van der Waals surface area (Å²) in [5.41, 5.74) is 5.85. The Kier molecular flexibility index (Phi) is 9.81. The molecule has 0 unspecified atom stereocenters. The van der Waals surface area contributed by atoms with Crippen LogP contribution in [0.25, 0.3) is 0 Å². The highest BCUT2D eigenvalue weighted by Crippen LogP contribution is 2.20. The number of ether oxygens (including phenoxy) is 1. The Labute approximate surface area is 155 Å². The van der Waals surface area contributed by atoms with Gasteiger partial charge in [0.05, 0.1) is 19.8 Å². The number of nitrogens with zero attached hydrogens (tertiary/aromatic N) is 2. The van der Waals surface area contributed by atoms with Crippen LogP contribution in [-0.4, -0.2) is 50.3 Å². The Balaban J connectivity index is 0.00000220. The monoisotopic (exact) mass is 488 g/mol. The Morgan fingerprint density at radius 2 is 2.24 bits per heavy atom. The average molecular weight is 489 g/mol. The molecule has 1 aliphatic heterocycles. The highest BCUT2D eigenvalue weighted by atomic mass is 127. The first-order chi connectivity index (χ1) is 9.74. The molecule has 0 spiro atoms. The molecule has 5 nitrogen and oxygen atoms in total. The molecule has 1 saturated heterocycles. The minimum absolute atomic E-state index is 0. The van der Waals surface area contributed by atoms with E-state index in [2.05, 4.69) is 42.6 Å². The summed E-state index contributed by atoms with van der Waals surface area (Å²) < 4.78 is 6.42. The molecule has 8 heteroatoms.